The maximum absolute atomic E-state index is 4.12. The van der Waals surface area contributed by atoms with Crippen LogP contribution in [0.2, 0.25) is 0 Å². The third-order valence-electron chi connectivity index (χ3n) is 15.0. The molecule has 1 fully saturated rings. The van der Waals surface area contributed by atoms with E-state index >= 15 is 0 Å². The molecule has 0 aromatic rings. The van der Waals surface area contributed by atoms with Crippen LogP contribution in [0, 0.1) is 35.5 Å². The fourth-order valence-corrected chi connectivity index (χ4v) is 11.9. The van der Waals surface area contributed by atoms with E-state index in [1.807, 2.05) is 0 Å². The normalized spacial score (nSPS) is 30.3. The second kappa shape index (κ2) is 19.4. The molecule has 0 amide bonds. The molecule has 0 aliphatic heterocycles. The quantitative estimate of drug-likeness (QED) is 0.140. The van der Waals surface area contributed by atoms with Crippen molar-refractivity contribution in [2.45, 2.75) is 175 Å². The Morgan fingerprint density at radius 2 is 1.64 bits per heavy atom. The van der Waals surface area contributed by atoms with E-state index in [-0.39, 0.29) is 0 Å². The molecule has 1 saturated carbocycles. The van der Waals surface area contributed by atoms with Gasteiger partial charge in [-0.25, -0.2) is 0 Å². The highest BCUT2D eigenvalue weighted by Gasteiger charge is 2.36. The van der Waals surface area contributed by atoms with Crippen LogP contribution in [-0.4, -0.2) is 6.54 Å². The Labute approximate surface area is 326 Å². The molecule has 288 valence electrons. The monoisotopic (exact) mass is 714 g/mol. The summed E-state index contributed by atoms with van der Waals surface area (Å²) >= 11 is 0. The van der Waals surface area contributed by atoms with Crippen molar-refractivity contribution in [2.75, 3.05) is 6.54 Å². The molecule has 0 aromatic heterocycles. The molecule has 1 N–H and O–H groups in total. The molecular weight excluding hydrogens is 639 g/mol. The fraction of sp³-hybridized carbons (Fsp3) is 0.654. The summed E-state index contributed by atoms with van der Waals surface area (Å²) in [4.78, 5) is 0. The summed E-state index contributed by atoms with van der Waals surface area (Å²) < 4.78 is 0. The third kappa shape index (κ3) is 9.65. The number of allylic oxidation sites excluding steroid dienone is 16. The number of hydrogen-bond donors (Lipinski definition) is 1. The van der Waals surface area contributed by atoms with Crippen LogP contribution in [0.4, 0.5) is 0 Å². The molecule has 6 unspecified atom stereocenters. The molecule has 1 nitrogen and oxygen atoms in total. The van der Waals surface area contributed by atoms with Crippen molar-refractivity contribution in [2.24, 2.45) is 35.5 Å². The van der Waals surface area contributed by atoms with Gasteiger partial charge in [-0.15, -0.1) is 0 Å². The lowest BCUT2D eigenvalue weighted by Crippen LogP contribution is -2.29. The van der Waals surface area contributed by atoms with Gasteiger partial charge < -0.3 is 5.32 Å². The zero-order valence-corrected chi connectivity index (χ0v) is 34.3. The van der Waals surface area contributed by atoms with Gasteiger partial charge in [-0.1, -0.05) is 93.9 Å². The van der Waals surface area contributed by atoms with Crippen molar-refractivity contribution in [1.29, 1.82) is 0 Å². The van der Waals surface area contributed by atoms with Gasteiger partial charge in [0.1, 0.15) is 0 Å². The molecule has 0 radical (unpaired) electrons. The summed E-state index contributed by atoms with van der Waals surface area (Å²) in [6.07, 6.45) is 54.5. The van der Waals surface area contributed by atoms with E-state index in [0.717, 1.165) is 42.1 Å². The van der Waals surface area contributed by atoms with Crippen LogP contribution < -0.4 is 5.32 Å². The highest BCUT2D eigenvalue weighted by molar-refractivity contribution is 5.46. The molecular formula is C52H75N. The number of hydrogen-bond acceptors (Lipinski definition) is 1. The first-order chi connectivity index (χ1) is 26.1. The molecule has 0 saturated heterocycles. The van der Waals surface area contributed by atoms with Gasteiger partial charge in [-0.2, -0.15) is 0 Å². The zero-order chi connectivity index (χ0) is 36.4. The smallest absolute Gasteiger partial charge is 0.0397 e. The highest BCUT2D eigenvalue weighted by Crippen LogP contribution is 2.49. The van der Waals surface area contributed by atoms with Crippen molar-refractivity contribution in [3.05, 3.63) is 105 Å². The van der Waals surface area contributed by atoms with Gasteiger partial charge >= 0.3 is 0 Å². The van der Waals surface area contributed by atoms with E-state index in [4.69, 9.17) is 0 Å². The lowest BCUT2D eigenvalue weighted by atomic mass is 9.64. The Morgan fingerprint density at radius 3 is 2.47 bits per heavy atom. The molecule has 53 heavy (non-hydrogen) atoms. The lowest BCUT2D eigenvalue weighted by molar-refractivity contribution is 0.229. The van der Waals surface area contributed by atoms with E-state index in [1.165, 1.54) is 154 Å². The van der Waals surface area contributed by atoms with E-state index in [9.17, 15) is 0 Å². The second-order valence-electron chi connectivity index (χ2n) is 18.2. The molecule has 0 bridgehead atoms. The van der Waals surface area contributed by atoms with Gasteiger partial charge in [0.2, 0.25) is 0 Å². The Hall–Kier alpha value is -2.54. The number of nitrogens with one attached hydrogen (secondary N) is 1. The third-order valence-corrected chi connectivity index (χ3v) is 15.0. The van der Waals surface area contributed by atoms with Crippen LogP contribution in [0.1, 0.15) is 175 Å². The number of rotatable bonds is 14. The van der Waals surface area contributed by atoms with Gasteiger partial charge in [0.05, 0.1) is 0 Å². The average molecular weight is 714 g/mol. The van der Waals surface area contributed by atoms with Crippen molar-refractivity contribution >= 4 is 0 Å². The van der Waals surface area contributed by atoms with Gasteiger partial charge in [-0.05, 0) is 216 Å². The second-order valence-corrected chi connectivity index (χ2v) is 18.2. The number of fused-ring (bicyclic) bond motifs is 2. The number of unbranched alkanes of at least 4 members (excludes halogenated alkanes) is 2. The summed E-state index contributed by atoms with van der Waals surface area (Å²) in [5, 5.41) is 4.12. The maximum atomic E-state index is 4.12. The Bertz CT molecular complexity index is 1540. The summed E-state index contributed by atoms with van der Waals surface area (Å²) in [5.41, 5.74) is 15.2. The molecule has 7 aliphatic carbocycles. The first-order valence-corrected chi connectivity index (χ1v) is 23.1. The zero-order valence-electron chi connectivity index (χ0n) is 34.3. The fourth-order valence-electron chi connectivity index (χ4n) is 11.9. The minimum atomic E-state index is 0.719. The van der Waals surface area contributed by atoms with E-state index in [0.29, 0.717) is 0 Å². The molecule has 7 aliphatic rings. The largest absolute Gasteiger partial charge is 0.384 e. The van der Waals surface area contributed by atoms with Crippen LogP contribution in [-0.2, 0) is 0 Å². The van der Waals surface area contributed by atoms with Crippen LogP contribution in [0.25, 0.3) is 0 Å². The van der Waals surface area contributed by atoms with Crippen LogP contribution >= 0.6 is 0 Å². The molecule has 0 spiro atoms. The van der Waals surface area contributed by atoms with Gasteiger partial charge in [0, 0.05) is 12.2 Å². The van der Waals surface area contributed by atoms with Crippen LogP contribution in [0.3, 0.4) is 0 Å². The van der Waals surface area contributed by atoms with Crippen LogP contribution in [0.5, 0.6) is 0 Å². The standard InChI is InChI=1S/C52H75N/c1-4-6-8-17-39(5-2)41-30-32-43(33-31-41)48-35-34-47(50-25-13-14-26-51(48)50)38(3)28-29-46(37-53-52-27-16-21-42-20-11-12-24-49(42)52)45-23-15-22-44(36-45)40-18-9-7-10-19-40/h7,9,14,17,21,23,26,29,32,38,40-41,44,47,50,53H,4-6,8,10-13,15-16,18-20,22,24-25,27-28,30-31,33-37H2,1-3H3/b39-17+,46-29+. The van der Waals surface area contributed by atoms with E-state index < -0.39 is 0 Å². The topological polar surface area (TPSA) is 12.0 Å². The molecule has 6 atom stereocenters. The van der Waals surface area contributed by atoms with Gasteiger partial charge in [-0.3, -0.25) is 0 Å². The predicted octanol–water partition coefficient (Wildman–Crippen LogP) is 15.1. The van der Waals surface area contributed by atoms with Crippen molar-refractivity contribution < 1.29 is 0 Å². The van der Waals surface area contributed by atoms with Gasteiger partial charge in [0.15, 0.2) is 0 Å². The summed E-state index contributed by atoms with van der Waals surface area (Å²) in [7, 11) is 0. The summed E-state index contributed by atoms with van der Waals surface area (Å²) in [6, 6.07) is 0. The first kappa shape index (κ1) is 38.7. The minimum Gasteiger partial charge on any atom is -0.384 e. The Balaban J connectivity index is 1.06. The SMILES string of the molecule is CCCC/C=C(\CC)C1CC=C(C2=C3C=CCCC3C(C(C)C/C=C(\CNC3=C4CCCCC4=CCC3)C3=CCCC(C4CC=CCC4)C3)CC2)CC1. The van der Waals surface area contributed by atoms with Gasteiger partial charge in [0.25, 0.3) is 0 Å². The molecule has 1 heteroatoms. The highest BCUT2D eigenvalue weighted by atomic mass is 14.9. The van der Waals surface area contributed by atoms with Crippen molar-refractivity contribution in [3.63, 3.8) is 0 Å². The maximum Gasteiger partial charge on any atom is 0.0397 e. The summed E-state index contributed by atoms with van der Waals surface area (Å²) in [6.45, 7) is 8.34. The molecule has 0 aromatic carbocycles. The minimum absolute atomic E-state index is 0.719. The average Bonchev–Trinajstić information content (AvgIpc) is 3.22. The van der Waals surface area contributed by atoms with Crippen molar-refractivity contribution in [3.8, 4) is 0 Å². The molecule has 7 rings (SSSR count). The lowest BCUT2D eigenvalue weighted by Gasteiger charge is -2.41. The molecule has 0 heterocycles. The summed E-state index contributed by atoms with van der Waals surface area (Å²) in [5.74, 6) is 4.79. The Kier molecular flexibility index (Phi) is 14.1. The first-order valence-electron chi connectivity index (χ1n) is 23.1. The van der Waals surface area contributed by atoms with E-state index in [2.05, 4.69) is 80.8 Å². The Morgan fingerprint density at radius 1 is 0.774 bits per heavy atom. The van der Waals surface area contributed by atoms with Crippen molar-refractivity contribution in [1.82, 2.24) is 5.32 Å². The van der Waals surface area contributed by atoms with Crippen LogP contribution in [0.15, 0.2) is 105 Å². The predicted molar refractivity (Wildman–Crippen MR) is 230 cm³/mol. The van der Waals surface area contributed by atoms with E-state index in [1.54, 1.807) is 50.3 Å².